The lowest BCUT2D eigenvalue weighted by molar-refractivity contribution is -0.384. The van der Waals surface area contributed by atoms with Crippen LogP contribution in [0.1, 0.15) is 47.4 Å². The number of allylic oxidation sites excluding steroid dienone is 4. The molecular weight excluding hydrogens is 428 g/mol. The lowest BCUT2D eigenvalue weighted by atomic mass is 9.70. The Balaban J connectivity index is 1.57. The van der Waals surface area contributed by atoms with E-state index in [-0.39, 0.29) is 16.7 Å². The van der Waals surface area contributed by atoms with Gasteiger partial charge in [0.25, 0.3) is 5.69 Å². The summed E-state index contributed by atoms with van der Waals surface area (Å²) in [5, 5.41) is 11.4. The monoisotopic (exact) mass is 448 g/mol. The van der Waals surface area contributed by atoms with E-state index in [9.17, 15) is 10.1 Å². The number of nitro groups is 1. The molecule has 2 aliphatic heterocycles. The third-order valence-electron chi connectivity index (χ3n) is 7.24. The first kappa shape index (κ1) is 17.5. The van der Waals surface area contributed by atoms with Gasteiger partial charge in [0.15, 0.2) is 0 Å². The summed E-state index contributed by atoms with van der Waals surface area (Å²) >= 11 is 3.76. The van der Waals surface area contributed by atoms with Crippen LogP contribution >= 0.6 is 15.9 Å². The lowest BCUT2D eigenvalue weighted by Gasteiger charge is -2.51. The molecule has 4 aliphatic rings. The molecule has 2 heterocycles. The van der Waals surface area contributed by atoms with E-state index in [2.05, 4.69) is 63.3 Å². The van der Waals surface area contributed by atoms with Gasteiger partial charge in [0.05, 0.1) is 11.0 Å². The van der Waals surface area contributed by atoms with E-state index in [0.29, 0.717) is 23.7 Å². The summed E-state index contributed by atoms with van der Waals surface area (Å²) in [7, 11) is 0. The van der Waals surface area contributed by atoms with Crippen LogP contribution in [0, 0.1) is 22.0 Å². The number of nitro benzene ring substituents is 1. The fourth-order valence-corrected chi connectivity index (χ4v) is 6.63. The molecule has 5 atom stereocenters. The molecule has 2 aromatic carbocycles. The maximum Gasteiger partial charge on any atom is 0.269 e. The van der Waals surface area contributed by atoms with Gasteiger partial charge in [0.1, 0.15) is 0 Å². The van der Waals surface area contributed by atoms with Crippen LogP contribution < -0.4 is 4.90 Å². The van der Waals surface area contributed by atoms with E-state index in [1.165, 1.54) is 16.8 Å². The fourth-order valence-electron chi connectivity index (χ4n) is 6.14. The van der Waals surface area contributed by atoms with Crippen molar-refractivity contribution in [2.45, 2.75) is 30.7 Å². The van der Waals surface area contributed by atoms with Crippen LogP contribution in [0.5, 0.6) is 0 Å². The van der Waals surface area contributed by atoms with E-state index in [1.807, 2.05) is 6.07 Å². The molecule has 0 N–H and O–H groups in total. The highest BCUT2D eigenvalue weighted by Gasteiger charge is 2.47. The van der Waals surface area contributed by atoms with Crippen molar-refractivity contribution in [2.75, 3.05) is 11.4 Å². The average molecular weight is 449 g/mol. The van der Waals surface area contributed by atoms with Crippen molar-refractivity contribution in [3.8, 4) is 0 Å². The number of hydrogen-bond acceptors (Lipinski definition) is 3. The number of halogens is 1. The second-order valence-corrected chi connectivity index (χ2v) is 9.60. The molecule has 146 valence electrons. The van der Waals surface area contributed by atoms with Gasteiger partial charge in [-0.15, -0.1) is 0 Å². The first-order valence-electron chi connectivity index (χ1n) is 10.3. The third-order valence-corrected chi connectivity index (χ3v) is 7.70. The molecule has 0 fully saturated rings. The molecule has 0 saturated heterocycles. The number of fused-ring (bicyclic) bond motifs is 4. The van der Waals surface area contributed by atoms with Crippen molar-refractivity contribution in [3.05, 3.63) is 92.0 Å². The normalized spacial score (nSPS) is 30.8. The summed E-state index contributed by atoms with van der Waals surface area (Å²) in [6, 6.07) is 12.1. The molecule has 0 spiro atoms. The number of benzene rings is 2. The zero-order chi connectivity index (χ0) is 19.7. The molecule has 2 aromatic rings. The standard InChI is InChI=1S/C24H21BrN2O2/c25-16-11-21-18-7-2-5-15(18)13-26-23(14-4-1-6-17(10-14)27(28)29)20-9-3-8-19(20)22(12-16)24(21)26/h1-4,6-8,10-12,15,18-20,23H,5,9,13H2/t15-,18-,19-,20+,23+/m0/s1. The molecule has 0 radical (unpaired) electrons. The van der Waals surface area contributed by atoms with Gasteiger partial charge in [0, 0.05) is 40.7 Å². The predicted octanol–water partition coefficient (Wildman–Crippen LogP) is 6.25. The van der Waals surface area contributed by atoms with E-state index in [0.717, 1.165) is 29.4 Å². The Morgan fingerprint density at radius 2 is 1.79 bits per heavy atom. The molecule has 0 aromatic heterocycles. The number of hydrogen-bond donors (Lipinski definition) is 0. The Labute approximate surface area is 178 Å². The second kappa shape index (κ2) is 6.30. The Morgan fingerprint density at radius 1 is 1.03 bits per heavy atom. The maximum atomic E-state index is 11.4. The van der Waals surface area contributed by atoms with Gasteiger partial charge in [-0.3, -0.25) is 10.1 Å². The molecule has 2 aliphatic carbocycles. The zero-order valence-electron chi connectivity index (χ0n) is 15.9. The summed E-state index contributed by atoms with van der Waals surface area (Å²) in [6.45, 7) is 1.01. The average Bonchev–Trinajstić information content (AvgIpc) is 3.37. The van der Waals surface area contributed by atoms with Gasteiger partial charge < -0.3 is 4.90 Å². The zero-order valence-corrected chi connectivity index (χ0v) is 17.5. The van der Waals surface area contributed by atoms with Crippen molar-refractivity contribution in [2.24, 2.45) is 11.8 Å². The Hall–Kier alpha value is -2.40. The second-order valence-electron chi connectivity index (χ2n) is 8.69. The van der Waals surface area contributed by atoms with Gasteiger partial charge in [0.2, 0.25) is 0 Å². The van der Waals surface area contributed by atoms with Crippen molar-refractivity contribution in [1.82, 2.24) is 0 Å². The predicted molar refractivity (Wildman–Crippen MR) is 117 cm³/mol. The van der Waals surface area contributed by atoms with Gasteiger partial charge in [-0.2, -0.15) is 0 Å². The summed E-state index contributed by atoms with van der Waals surface area (Å²) < 4.78 is 1.15. The topological polar surface area (TPSA) is 46.4 Å². The number of non-ortho nitro benzene ring substituents is 1. The fraction of sp³-hybridized carbons (Fsp3) is 0.333. The highest BCUT2D eigenvalue weighted by molar-refractivity contribution is 9.10. The first-order valence-corrected chi connectivity index (χ1v) is 11.1. The van der Waals surface area contributed by atoms with E-state index < -0.39 is 0 Å². The van der Waals surface area contributed by atoms with E-state index in [4.69, 9.17) is 0 Å². The molecule has 0 amide bonds. The van der Waals surface area contributed by atoms with Crippen LogP contribution in [0.3, 0.4) is 0 Å². The Kier molecular flexibility index (Phi) is 3.79. The van der Waals surface area contributed by atoms with Gasteiger partial charge >= 0.3 is 0 Å². The SMILES string of the molecule is O=[N+]([O-])c1cccc([C@@H]2[C@@H]3CC=C[C@@H]3c3cc(Br)cc4c3N2C[C@@H]2CC=C[C@H]42)c1. The molecule has 0 saturated carbocycles. The lowest BCUT2D eigenvalue weighted by Crippen LogP contribution is -2.46. The largest absolute Gasteiger partial charge is 0.363 e. The Morgan fingerprint density at radius 3 is 2.62 bits per heavy atom. The number of rotatable bonds is 2. The molecular formula is C24H21BrN2O2. The van der Waals surface area contributed by atoms with Crippen molar-refractivity contribution >= 4 is 27.3 Å². The van der Waals surface area contributed by atoms with E-state index in [1.54, 1.807) is 12.1 Å². The van der Waals surface area contributed by atoms with E-state index >= 15 is 0 Å². The summed E-state index contributed by atoms with van der Waals surface area (Å²) in [6.07, 6.45) is 11.5. The Bertz CT molecular complexity index is 1080. The van der Waals surface area contributed by atoms with Crippen LogP contribution in [-0.2, 0) is 0 Å². The van der Waals surface area contributed by atoms with Crippen LogP contribution in [0.15, 0.2) is 65.2 Å². The molecule has 0 bridgehead atoms. The summed E-state index contributed by atoms with van der Waals surface area (Å²) in [5.74, 6) is 1.84. The summed E-state index contributed by atoms with van der Waals surface area (Å²) in [5.41, 5.74) is 5.44. The van der Waals surface area contributed by atoms with Crippen molar-refractivity contribution < 1.29 is 4.92 Å². The van der Waals surface area contributed by atoms with Gasteiger partial charge in [-0.05, 0) is 53.5 Å². The van der Waals surface area contributed by atoms with Crippen LogP contribution in [-0.4, -0.2) is 11.5 Å². The molecule has 4 nitrogen and oxygen atoms in total. The molecule has 0 unspecified atom stereocenters. The molecule has 29 heavy (non-hydrogen) atoms. The smallest absolute Gasteiger partial charge is 0.269 e. The first-order chi connectivity index (χ1) is 14.1. The quantitative estimate of drug-likeness (QED) is 0.309. The van der Waals surface area contributed by atoms with Crippen molar-refractivity contribution in [3.63, 3.8) is 0 Å². The molecule has 5 heteroatoms. The number of nitrogens with zero attached hydrogens (tertiary/aromatic N) is 2. The third kappa shape index (κ3) is 2.49. The van der Waals surface area contributed by atoms with Gasteiger partial charge in [-0.25, -0.2) is 0 Å². The van der Waals surface area contributed by atoms with Crippen LogP contribution in [0.4, 0.5) is 11.4 Å². The van der Waals surface area contributed by atoms with Crippen LogP contribution in [0.25, 0.3) is 0 Å². The maximum absolute atomic E-state index is 11.4. The van der Waals surface area contributed by atoms with Gasteiger partial charge in [-0.1, -0.05) is 52.4 Å². The molecule has 6 rings (SSSR count). The summed E-state index contributed by atoms with van der Waals surface area (Å²) in [4.78, 5) is 13.7. The minimum Gasteiger partial charge on any atom is -0.363 e. The minimum atomic E-state index is -0.277. The minimum absolute atomic E-state index is 0.170. The highest BCUT2D eigenvalue weighted by atomic mass is 79.9. The van der Waals surface area contributed by atoms with Crippen LogP contribution in [0.2, 0.25) is 0 Å². The van der Waals surface area contributed by atoms with Crippen molar-refractivity contribution in [1.29, 1.82) is 0 Å². The highest BCUT2D eigenvalue weighted by Crippen LogP contribution is 2.59. The number of anilines is 1.